The Balaban J connectivity index is 2.11. The highest BCUT2D eigenvalue weighted by atomic mass is 16.6. The quantitative estimate of drug-likeness (QED) is 0.550. The van der Waals surface area contributed by atoms with Crippen molar-refractivity contribution in [2.75, 3.05) is 11.9 Å². The van der Waals surface area contributed by atoms with E-state index in [-0.39, 0.29) is 12.3 Å². The molecule has 1 aliphatic heterocycles. The van der Waals surface area contributed by atoms with Crippen molar-refractivity contribution in [3.8, 4) is 0 Å². The fourth-order valence-corrected chi connectivity index (χ4v) is 2.04. The van der Waals surface area contributed by atoms with Gasteiger partial charge >= 0.3 is 0 Å². The summed E-state index contributed by atoms with van der Waals surface area (Å²) in [5.41, 5.74) is 1.42. The predicted molar refractivity (Wildman–Crippen MR) is 67.8 cm³/mol. The van der Waals surface area contributed by atoms with Gasteiger partial charge in [0.15, 0.2) is 0 Å². The van der Waals surface area contributed by atoms with Gasteiger partial charge in [-0.25, -0.2) is 0 Å². The zero-order valence-electron chi connectivity index (χ0n) is 10.4. The fourth-order valence-electron chi connectivity index (χ4n) is 2.04. The average Bonchev–Trinajstić information content (AvgIpc) is 2.72. The van der Waals surface area contributed by atoms with E-state index in [9.17, 15) is 15.2 Å². The molecule has 1 aromatic carbocycles. The molecule has 7 nitrogen and oxygen atoms in total. The van der Waals surface area contributed by atoms with E-state index in [2.05, 4.69) is 5.32 Å². The van der Waals surface area contributed by atoms with Crippen LogP contribution >= 0.6 is 0 Å². The molecule has 0 aliphatic carbocycles. The lowest BCUT2D eigenvalue weighted by Crippen LogP contribution is -2.25. The summed E-state index contributed by atoms with van der Waals surface area (Å²) in [6, 6.07) is 4.51. The van der Waals surface area contributed by atoms with E-state index in [1.807, 2.05) is 6.92 Å². The van der Waals surface area contributed by atoms with Crippen LogP contribution in [0.2, 0.25) is 0 Å². The molecule has 3 N–H and O–H groups in total. The smallest absolute Gasteiger partial charge is 0.271 e. The number of nitro benzene ring substituents is 1. The van der Waals surface area contributed by atoms with Crippen molar-refractivity contribution in [2.45, 2.75) is 31.8 Å². The Bertz CT molecular complexity index is 479. The van der Waals surface area contributed by atoms with Crippen LogP contribution in [-0.4, -0.2) is 40.2 Å². The number of rotatable bonds is 4. The third-order valence-corrected chi connectivity index (χ3v) is 3.15. The monoisotopic (exact) mass is 268 g/mol. The van der Waals surface area contributed by atoms with Gasteiger partial charge in [-0.2, -0.15) is 0 Å². The lowest BCUT2D eigenvalue weighted by molar-refractivity contribution is -0.384. The molecule has 0 radical (unpaired) electrons. The molecular formula is C12H16N2O5. The number of non-ortho nitro benzene ring substituents is 1. The second-order valence-electron chi connectivity index (χ2n) is 4.55. The molecule has 1 aromatic rings. The minimum atomic E-state index is -0.735. The van der Waals surface area contributed by atoms with E-state index in [0.29, 0.717) is 12.1 Å². The van der Waals surface area contributed by atoms with Crippen LogP contribution in [-0.2, 0) is 4.74 Å². The largest absolute Gasteiger partial charge is 0.394 e. The number of ether oxygens (including phenoxy) is 1. The highest BCUT2D eigenvalue weighted by Crippen LogP contribution is 2.26. The van der Waals surface area contributed by atoms with E-state index in [0.717, 1.165) is 5.56 Å². The Morgan fingerprint density at radius 1 is 1.58 bits per heavy atom. The van der Waals surface area contributed by atoms with E-state index < -0.39 is 23.4 Å². The van der Waals surface area contributed by atoms with Gasteiger partial charge in [-0.05, 0) is 12.5 Å². The summed E-state index contributed by atoms with van der Waals surface area (Å²) in [5, 5.41) is 32.3. The first-order chi connectivity index (χ1) is 9.01. The summed E-state index contributed by atoms with van der Waals surface area (Å²) < 4.78 is 5.40. The SMILES string of the molecule is Cc1ccc([N+](=O)[O-])cc1N[C@H]1C[C@@H](O)[C@H](CO)O1. The minimum absolute atomic E-state index is 0.00893. The van der Waals surface area contributed by atoms with Crippen molar-refractivity contribution < 1.29 is 19.9 Å². The number of aliphatic hydroxyl groups is 2. The molecule has 0 saturated carbocycles. The van der Waals surface area contributed by atoms with Gasteiger partial charge in [-0.3, -0.25) is 10.1 Å². The second-order valence-corrected chi connectivity index (χ2v) is 4.55. The van der Waals surface area contributed by atoms with Crippen LogP contribution in [0.3, 0.4) is 0 Å². The van der Waals surface area contributed by atoms with Gasteiger partial charge in [0, 0.05) is 24.2 Å². The standard InChI is InChI=1S/C12H16N2O5/c1-7-2-3-8(14(17)18)4-9(7)13-12-5-10(16)11(6-15)19-12/h2-4,10-13,15-16H,5-6H2,1H3/t10-,11+,12-/m1/s1. The highest BCUT2D eigenvalue weighted by molar-refractivity contribution is 5.57. The van der Waals surface area contributed by atoms with Crippen LogP contribution < -0.4 is 5.32 Å². The molecule has 3 atom stereocenters. The normalized spacial score (nSPS) is 26.4. The van der Waals surface area contributed by atoms with Gasteiger partial charge in [0.1, 0.15) is 12.3 Å². The summed E-state index contributed by atoms with van der Waals surface area (Å²) in [6.45, 7) is 1.56. The number of hydrogen-bond donors (Lipinski definition) is 3. The first kappa shape index (κ1) is 13.7. The van der Waals surface area contributed by atoms with Crippen molar-refractivity contribution in [3.05, 3.63) is 33.9 Å². The van der Waals surface area contributed by atoms with E-state index in [4.69, 9.17) is 9.84 Å². The summed E-state index contributed by atoms with van der Waals surface area (Å²) in [4.78, 5) is 10.3. The van der Waals surface area contributed by atoms with Crippen LogP contribution in [0, 0.1) is 17.0 Å². The third-order valence-electron chi connectivity index (χ3n) is 3.15. The number of hydrogen-bond acceptors (Lipinski definition) is 6. The van der Waals surface area contributed by atoms with Crippen LogP contribution in [0.4, 0.5) is 11.4 Å². The Morgan fingerprint density at radius 3 is 2.89 bits per heavy atom. The highest BCUT2D eigenvalue weighted by Gasteiger charge is 2.33. The summed E-state index contributed by atoms with van der Waals surface area (Å²) in [7, 11) is 0. The van der Waals surface area contributed by atoms with Crippen molar-refractivity contribution >= 4 is 11.4 Å². The first-order valence-corrected chi connectivity index (χ1v) is 5.97. The second kappa shape index (κ2) is 5.52. The number of anilines is 1. The summed E-state index contributed by atoms with van der Waals surface area (Å²) in [5.74, 6) is 0. The molecule has 0 amide bonds. The van der Waals surface area contributed by atoms with E-state index >= 15 is 0 Å². The third kappa shape index (κ3) is 3.01. The zero-order chi connectivity index (χ0) is 14.0. The van der Waals surface area contributed by atoms with Gasteiger partial charge in [-0.15, -0.1) is 0 Å². The molecule has 0 unspecified atom stereocenters. The zero-order valence-corrected chi connectivity index (χ0v) is 10.4. The molecule has 104 valence electrons. The number of nitrogens with zero attached hydrogens (tertiary/aromatic N) is 1. The molecule has 1 aliphatic rings. The molecular weight excluding hydrogens is 252 g/mol. The number of nitrogens with one attached hydrogen (secondary N) is 1. The topological polar surface area (TPSA) is 105 Å². The number of aryl methyl sites for hydroxylation is 1. The maximum absolute atomic E-state index is 10.7. The molecule has 1 fully saturated rings. The maximum Gasteiger partial charge on any atom is 0.271 e. The molecule has 2 rings (SSSR count). The lowest BCUT2D eigenvalue weighted by Gasteiger charge is -2.16. The summed E-state index contributed by atoms with van der Waals surface area (Å²) >= 11 is 0. The molecule has 0 aromatic heterocycles. The predicted octanol–water partition coefficient (Wildman–Crippen LogP) is 0.783. The van der Waals surface area contributed by atoms with Gasteiger partial charge in [0.05, 0.1) is 17.6 Å². The number of benzene rings is 1. The average molecular weight is 268 g/mol. The van der Waals surface area contributed by atoms with Crippen molar-refractivity contribution in [1.29, 1.82) is 0 Å². The van der Waals surface area contributed by atoms with Crippen molar-refractivity contribution in [3.63, 3.8) is 0 Å². The maximum atomic E-state index is 10.7. The van der Waals surface area contributed by atoms with Crippen LogP contribution in [0.1, 0.15) is 12.0 Å². The van der Waals surface area contributed by atoms with Gasteiger partial charge in [0.2, 0.25) is 0 Å². The van der Waals surface area contributed by atoms with Crippen LogP contribution in [0.15, 0.2) is 18.2 Å². The van der Waals surface area contributed by atoms with Crippen molar-refractivity contribution in [1.82, 2.24) is 0 Å². The molecule has 7 heteroatoms. The fraction of sp³-hybridized carbons (Fsp3) is 0.500. The van der Waals surface area contributed by atoms with Gasteiger partial charge < -0.3 is 20.3 Å². The Kier molecular flexibility index (Phi) is 3.98. The Morgan fingerprint density at radius 2 is 2.32 bits per heavy atom. The number of nitro groups is 1. The first-order valence-electron chi connectivity index (χ1n) is 5.97. The number of aliphatic hydroxyl groups excluding tert-OH is 2. The van der Waals surface area contributed by atoms with Gasteiger partial charge in [-0.1, -0.05) is 6.07 Å². The Labute approximate surface area is 110 Å². The summed E-state index contributed by atoms with van der Waals surface area (Å²) in [6.07, 6.45) is -1.49. The van der Waals surface area contributed by atoms with E-state index in [1.165, 1.54) is 12.1 Å². The molecule has 1 heterocycles. The molecule has 0 bridgehead atoms. The molecule has 1 saturated heterocycles. The van der Waals surface area contributed by atoms with Gasteiger partial charge in [0.25, 0.3) is 5.69 Å². The minimum Gasteiger partial charge on any atom is -0.394 e. The van der Waals surface area contributed by atoms with E-state index in [1.54, 1.807) is 6.07 Å². The Hall–Kier alpha value is -1.70. The van der Waals surface area contributed by atoms with Crippen molar-refractivity contribution in [2.24, 2.45) is 0 Å². The molecule has 19 heavy (non-hydrogen) atoms. The van der Waals surface area contributed by atoms with Crippen LogP contribution in [0.5, 0.6) is 0 Å². The van der Waals surface area contributed by atoms with Crippen LogP contribution in [0.25, 0.3) is 0 Å². The molecule has 0 spiro atoms. The lowest BCUT2D eigenvalue weighted by atomic mass is 10.1.